The minimum Gasteiger partial charge on any atom is -0.315 e. The molecule has 140 valence electrons. The standard InChI is InChI=1S/C18H28Cl2N4O/c19-16-21-17(20)23-18(22-16)25-24-15-13-11-9-7-5-3-1-2-4-6-8-10-12-14-15/h1-14H2. The molecule has 0 bridgehead atoms. The van der Waals surface area contributed by atoms with Crippen LogP contribution in [0.15, 0.2) is 5.16 Å². The molecule has 1 aliphatic rings. The summed E-state index contributed by atoms with van der Waals surface area (Å²) < 4.78 is 0. The molecule has 0 N–H and O–H groups in total. The van der Waals surface area contributed by atoms with Crippen molar-refractivity contribution in [3.8, 4) is 6.01 Å². The number of oxime groups is 1. The van der Waals surface area contributed by atoms with Crippen LogP contribution in [0, 0.1) is 0 Å². The second-order valence-corrected chi connectivity index (χ2v) is 7.32. The maximum absolute atomic E-state index is 5.76. The normalized spacial score (nSPS) is 18.9. The van der Waals surface area contributed by atoms with Gasteiger partial charge in [0, 0.05) is 0 Å². The average Bonchev–Trinajstić information content (AvgIpc) is 2.58. The smallest absolute Gasteiger partial charge is 0.315 e. The summed E-state index contributed by atoms with van der Waals surface area (Å²) in [6.07, 6.45) is 17.6. The number of aromatic nitrogens is 3. The van der Waals surface area contributed by atoms with Gasteiger partial charge in [0.05, 0.1) is 5.71 Å². The molecule has 0 amide bonds. The Morgan fingerprint density at radius 3 is 1.44 bits per heavy atom. The van der Waals surface area contributed by atoms with Gasteiger partial charge >= 0.3 is 6.01 Å². The highest BCUT2D eigenvalue weighted by Crippen LogP contribution is 2.17. The topological polar surface area (TPSA) is 60.3 Å². The monoisotopic (exact) mass is 386 g/mol. The second-order valence-electron chi connectivity index (χ2n) is 6.65. The predicted molar refractivity (Wildman–Crippen MR) is 103 cm³/mol. The maximum atomic E-state index is 5.76. The van der Waals surface area contributed by atoms with E-state index < -0.39 is 0 Å². The molecular weight excluding hydrogens is 359 g/mol. The third-order valence-electron chi connectivity index (χ3n) is 4.50. The van der Waals surface area contributed by atoms with E-state index in [1.807, 2.05) is 0 Å². The largest absolute Gasteiger partial charge is 0.351 e. The van der Waals surface area contributed by atoms with E-state index in [-0.39, 0.29) is 16.6 Å². The van der Waals surface area contributed by atoms with Gasteiger partial charge in [0.15, 0.2) is 0 Å². The number of rotatable bonds is 2. The molecule has 7 heteroatoms. The molecule has 1 aliphatic carbocycles. The third kappa shape index (κ3) is 9.36. The van der Waals surface area contributed by atoms with Gasteiger partial charge in [-0.3, -0.25) is 0 Å². The molecule has 5 nitrogen and oxygen atoms in total. The fourth-order valence-corrected chi connectivity index (χ4v) is 3.45. The van der Waals surface area contributed by atoms with Crippen molar-refractivity contribution in [2.45, 2.75) is 89.9 Å². The first-order chi connectivity index (χ1) is 12.2. The number of hydrogen-bond acceptors (Lipinski definition) is 5. The highest BCUT2D eigenvalue weighted by atomic mass is 35.5. The highest BCUT2D eigenvalue weighted by Gasteiger charge is 2.07. The first kappa shape index (κ1) is 20.4. The van der Waals surface area contributed by atoms with Gasteiger partial charge in [-0.15, -0.1) is 0 Å². The highest BCUT2D eigenvalue weighted by molar-refractivity contribution is 6.31. The van der Waals surface area contributed by atoms with Crippen LogP contribution < -0.4 is 4.84 Å². The first-order valence-corrected chi connectivity index (χ1v) is 10.3. The first-order valence-electron chi connectivity index (χ1n) is 9.54. The number of halogens is 2. The fraction of sp³-hybridized carbons (Fsp3) is 0.778. The van der Waals surface area contributed by atoms with Crippen LogP contribution in [-0.4, -0.2) is 20.7 Å². The van der Waals surface area contributed by atoms with Crippen molar-refractivity contribution in [3.05, 3.63) is 10.6 Å². The summed E-state index contributed by atoms with van der Waals surface area (Å²) in [6.45, 7) is 0. The summed E-state index contributed by atoms with van der Waals surface area (Å²) >= 11 is 11.5. The van der Waals surface area contributed by atoms with E-state index in [0.29, 0.717) is 0 Å². The Balaban J connectivity index is 1.88. The lowest BCUT2D eigenvalue weighted by Gasteiger charge is -2.06. The Morgan fingerprint density at radius 2 is 1.00 bits per heavy atom. The molecule has 1 heterocycles. The van der Waals surface area contributed by atoms with Crippen LogP contribution >= 0.6 is 23.2 Å². The molecule has 2 rings (SSSR count). The molecule has 1 aromatic rings. The van der Waals surface area contributed by atoms with E-state index in [9.17, 15) is 0 Å². The lowest BCUT2D eigenvalue weighted by atomic mass is 10.0. The number of hydrogen-bond donors (Lipinski definition) is 0. The van der Waals surface area contributed by atoms with Crippen molar-refractivity contribution < 1.29 is 4.84 Å². The zero-order chi connectivity index (χ0) is 17.7. The van der Waals surface area contributed by atoms with Crippen molar-refractivity contribution in [2.75, 3.05) is 0 Å². The Labute approximate surface area is 160 Å². The predicted octanol–water partition coefficient (Wildman–Crippen LogP) is 6.39. The summed E-state index contributed by atoms with van der Waals surface area (Å²) in [6, 6.07) is 0.0494. The zero-order valence-corrected chi connectivity index (χ0v) is 16.4. The molecule has 0 saturated heterocycles. The fourth-order valence-electron chi connectivity index (χ4n) is 3.10. The van der Waals surface area contributed by atoms with Crippen LogP contribution in [0.2, 0.25) is 10.6 Å². The van der Waals surface area contributed by atoms with E-state index in [0.717, 1.165) is 31.4 Å². The van der Waals surface area contributed by atoms with Gasteiger partial charge in [0.1, 0.15) is 0 Å². The molecule has 0 radical (unpaired) electrons. The van der Waals surface area contributed by atoms with Crippen LogP contribution in [0.1, 0.15) is 89.9 Å². The van der Waals surface area contributed by atoms with Gasteiger partial charge in [-0.1, -0.05) is 69.4 Å². The quantitative estimate of drug-likeness (QED) is 0.552. The molecule has 0 atom stereocenters. The van der Waals surface area contributed by atoms with Crippen LogP contribution in [0.25, 0.3) is 0 Å². The minimum atomic E-state index is 0.0114. The Kier molecular flexibility index (Phi) is 10.1. The lowest BCUT2D eigenvalue weighted by Crippen LogP contribution is -2.04. The lowest BCUT2D eigenvalue weighted by molar-refractivity contribution is 0.308. The minimum absolute atomic E-state index is 0.0114. The second kappa shape index (κ2) is 12.4. The average molecular weight is 387 g/mol. The zero-order valence-electron chi connectivity index (χ0n) is 14.9. The van der Waals surface area contributed by atoms with Gasteiger partial charge in [0.2, 0.25) is 10.6 Å². The van der Waals surface area contributed by atoms with Crippen molar-refractivity contribution >= 4 is 28.9 Å². The molecule has 25 heavy (non-hydrogen) atoms. The summed E-state index contributed by atoms with van der Waals surface area (Å²) in [5.74, 6) is 0. The van der Waals surface area contributed by atoms with Crippen LogP contribution in [0.4, 0.5) is 0 Å². The maximum Gasteiger partial charge on any atom is 0.351 e. The van der Waals surface area contributed by atoms with E-state index in [2.05, 4.69) is 20.1 Å². The number of nitrogens with zero attached hydrogens (tertiary/aromatic N) is 4. The molecule has 1 aromatic heterocycles. The van der Waals surface area contributed by atoms with Crippen molar-refractivity contribution in [2.24, 2.45) is 5.16 Å². The van der Waals surface area contributed by atoms with Crippen molar-refractivity contribution in [1.82, 2.24) is 15.0 Å². The van der Waals surface area contributed by atoms with Crippen LogP contribution in [0.5, 0.6) is 6.01 Å². The van der Waals surface area contributed by atoms with Gasteiger partial charge in [-0.25, -0.2) is 0 Å². The van der Waals surface area contributed by atoms with E-state index in [1.165, 1.54) is 64.2 Å². The van der Waals surface area contributed by atoms with Gasteiger partial charge in [-0.2, -0.15) is 15.0 Å². The SMILES string of the molecule is Clc1nc(Cl)nc(ON=C2CCCCCCCCCCCCCC2)n1. The van der Waals surface area contributed by atoms with Crippen LogP contribution in [-0.2, 0) is 0 Å². The summed E-state index contributed by atoms with van der Waals surface area (Å²) in [4.78, 5) is 16.8. The molecule has 1 saturated carbocycles. The van der Waals surface area contributed by atoms with Gasteiger partial charge in [0.25, 0.3) is 0 Å². The van der Waals surface area contributed by atoms with Crippen molar-refractivity contribution in [1.29, 1.82) is 0 Å². The van der Waals surface area contributed by atoms with E-state index in [4.69, 9.17) is 28.0 Å². The van der Waals surface area contributed by atoms with Crippen LogP contribution in [0.3, 0.4) is 0 Å². The molecule has 1 fully saturated rings. The molecule has 0 aliphatic heterocycles. The summed E-state index contributed by atoms with van der Waals surface area (Å²) in [7, 11) is 0. The Morgan fingerprint density at radius 1 is 0.600 bits per heavy atom. The molecular formula is C18H28Cl2N4O. The Hall–Kier alpha value is -0.940. The van der Waals surface area contributed by atoms with Gasteiger partial charge in [-0.05, 0) is 48.9 Å². The van der Waals surface area contributed by atoms with E-state index >= 15 is 0 Å². The molecule has 0 aromatic carbocycles. The molecule has 0 spiro atoms. The van der Waals surface area contributed by atoms with E-state index in [1.54, 1.807) is 0 Å². The Bertz CT molecular complexity index is 502. The van der Waals surface area contributed by atoms with Crippen molar-refractivity contribution in [3.63, 3.8) is 0 Å². The molecule has 0 unspecified atom stereocenters. The van der Waals surface area contributed by atoms with Gasteiger partial charge < -0.3 is 4.84 Å². The summed E-state index contributed by atoms with van der Waals surface area (Å²) in [5.41, 5.74) is 1.07. The summed E-state index contributed by atoms with van der Waals surface area (Å²) in [5, 5.41) is 4.29. The third-order valence-corrected chi connectivity index (χ3v) is 4.84.